The molecule has 2 heterocycles. The molecule has 0 saturated heterocycles. The number of aromatic nitrogens is 2. The Morgan fingerprint density at radius 2 is 1.40 bits per heavy atom. The zero-order valence-corrected chi connectivity index (χ0v) is 23.2. The molecule has 0 N–H and O–H groups in total. The van der Waals surface area contributed by atoms with Gasteiger partial charge >= 0.3 is 0 Å². The number of fused-ring (bicyclic) bond motifs is 2. The van der Waals surface area contributed by atoms with E-state index in [4.69, 9.17) is 0 Å². The summed E-state index contributed by atoms with van der Waals surface area (Å²) in [5.74, 6) is 1.14. The van der Waals surface area contributed by atoms with E-state index in [2.05, 4.69) is 151 Å². The van der Waals surface area contributed by atoms with Crippen molar-refractivity contribution in [3.8, 4) is 22.5 Å². The highest BCUT2D eigenvalue weighted by Gasteiger charge is 2.38. The lowest BCUT2D eigenvalue weighted by Gasteiger charge is -2.13. The molecule has 1 aliphatic carbocycles. The van der Waals surface area contributed by atoms with Crippen LogP contribution in [0.2, 0.25) is 0 Å². The Kier molecular flexibility index (Phi) is 6.04. The molecule has 2 nitrogen and oxygen atoms in total. The van der Waals surface area contributed by atoms with Crippen molar-refractivity contribution < 1.29 is 0 Å². The van der Waals surface area contributed by atoms with E-state index in [1.54, 1.807) is 0 Å². The molecule has 1 saturated carbocycles. The van der Waals surface area contributed by atoms with Crippen LogP contribution in [-0.4, -0.2) is 9.13 Å². The third kappa shape index (κ3) is 4.03. The molecule has 7 rings (SSSR count). The number of allylic oxidation sites excluding steroid dienone is 3. The van der Waals surface area contributed by atoms with Gasteiger partial charge in [0.15, 0.2) is 0 Å². The standard InChI is InChI=1S/C38H34N2/c1-4-6-12-33-26(3)39(37-15-10-8-13-34(33)37)31-20-16-28(17-21-31)29-18-22-32(23-19-29)40-36-14-9-7-11-30(36)25-38(40)35-24-27(35)5-2/h4-11,13-23,25,27,35H,2,12,24H2,1,3H3/b6-4-. The summed E-state index contributed by atoms with van der Waals surface area (Å²) in [5, 5.41) is 2.63. The van der Waals surface area contributed by atoms with Gasteiger partial charge in [-0.1, -0.05) is 78.9 Å². The van der Waals surface area contributed by atoms with E-state index >= 15 is 0 Å². The zero-order chi connectivity index (χ0) is 27.2. The van der Waals surface area contributed by atoms with Gasteiger partial charge in [0.25, 0.3) is 0 Å². The van der Waals surface area contributed by atoms with Gasteiger partial charge in [-0.3, -0.25) is 0 Å². The number of benzene rings is 4. The lowest BCUT2D eigenvalue weighted by atomic mass is 10.0. The van der Waals surface area contributed by atoms with Crippen molar-refractivity contribution >= 4 is 21.8 Å². The van der Waals surface area contributed by atoms with E-state index in [1.807, 2.05) is 0 Å². The number of hydrogen-bond donors (Lipinski definition) is 0. The molecular formula is C38H34N2. The molecule has 1 aliphatic rings. The van der Waals surface area contributed by atoms with Crippen LogP contribution in [0.25, 0.3) is 44.3 Å². The van der Waals surface area contributed by atoms with Crippen LogP contribution in [0.5, 0.6) is 0 Å². The fourth-order valence-corrected chi connectivity index (χ4v) is 6.42. The number of para-hydroxylation sites is 2. The summed E-state index contributed by atoms with van der Waals surface area (Å²) >= 11 is 0. The smallest absolute Gasteiger partial charge is 0.0534 e. The predicted octanol–water partition coefficient (Wildman–Crippen LogP) is 9.96. The van der Waals surface area contributed by atoms with Crippen LogP contribution >= 0.6 is 0 Å². The van der Waals surface area contributed by atoms with E-state index in [0.29, 0.717) is 11.8 Å². The van der Waals surface area contributed by atoms with Crippen LogP contribution < -0.4 is 0 Å². The van der Waals surface area contributed by atoms with E-state index in [1.165, 1.54) is 67.7 Å². The highest BCUT2D eigenvalue weighted by Crippen LogP contribution is 2.50. The Morgan fingerprint density at radius 3 is 2.05 bits per heavy atom. The largest absolute Gasteiger partial charge is 0.314 e. The van der Waals surface area contributed by atoms with Crippen LogP contribution in [0.15, 0.2) is 128 Å². The zero-order valence-electron chi connectivity index (χ0n) is 23.2. The Balaban J connectivity index is 1.22. The van der Waals surface area contributed by atoms with Crippen molar-refractivity contribution in [2.45, 2.75) is 32.6 Å². The average Bonchev–Trinajstić information content (AvgIpc) is 3.61. The summed E-state index contributed by atoms with van der Waals surface area (Å²) in [6, 6.07) is 37.9. The van der Waals surface area contributed by atoms with Crippen molar-refractivity contribution in [2.75, 3.05) is 0 Å². The lowest BCUT2D eigenvalue weighted by Crippen LogP contribution is -1.99. The van der Waals surface area contributed by atoms with E-state index in [-0.39, 0.29) is 0 Å². The first-order chi connectivity index (χ1) is 19.7. The minimum Gasteiger partial charge on any atom is -0.314 e. The Hall–Kier alpha value is -4.56. The number of rotatable bonds is 7. The molecule has 0 bridgehead atoms. The molecule has 0 radical (unpaired) electrons. The molecule has 0 amide bonds. The van der Waals surface area contributed by atoms with Gasteiger partial charge in [0.05, 0.1) is 11.0 Å². The van der Waals surface area contributed by atoms with Crippen molar-refractivity contribution in [1.82, 2.24) is 9.13 Å². The minimum atomic E-state index is 0.559. The molecular weight excluding hydrogens is 484 g/mol. The van der Waals surface area contributed by atoms with Crippen molar-refractivity contribution in [2.24, 2.45) is 5.92 Å². The van der Waals surface area contributed by atoms with Crippen molar-refractivity contribution in [1.29, 1.82) is 0 Å². The minimum absolute atomic E-state index is 0.559. The van der Waals surface area contributed by atoms with Crippen LogP contribution in [0, 0.1) is 12.8 Å². The molecule has 1 fully saturated rings. The molecule has 4 aromatic carbocycles. The quantitative estimate of drug-likeness (QED) is 0.186. The molecule has 2 aromatic heterocycles. The molecule has 2 atom stereocenters. The van der Waals surface area contributed by atoms with Gasteiger partial charge in [0.2, 0.25) is 0 Å². The molecule has 0 aliphatic heterocycles. The third-order valence-corrected chi connectivity index (χ3v) is 8.65. The molecule has 0 spiro atoms. The fraction of sp³-hybridized carbons (Fsp3) is 0.158. The second kappa shape index (κ2) is 9.88. The van der Waals surface area contributed by atoms with Gasteiger partial charge in [-0.25, -0.2) is 0 Å². The molecule has 40 heavy (non-hydrogen) atoms. The maximum absolute atomic E-state index is 4.04. The SMILES string of the molecule is C=CC1CC1c1cc2ccccc2n1-c1ccc(-c2ccc(-n3c(C)c(C/C=C\C)c4ccccc43)cc2)cc1. The summed E-state index contributed by atoms with van der Waals surface area (Å²) in [7, 11) is 0. The first kappa shape index (κ1) is 24.5. The summed E-state index contributed by atoms with van der Waals surface area (Å²) in [4.78, 5) is 0. The topological polar surface area (TPSA) is 9.86 Å². The second-order valence-electron chi connectivity index (χ2n) is 11.0. The average molecular weight is 519 g/mol. The van der Waals surface area contributed by atoms with Gasteiger partial charge in [-0.15, -0.1) is 6.58 Å². The van der Waals surface area contributed by atoms with Crippen LogP contribution in [0.3, 0.4) is 0 Å². The van der Waals surface area contributed by atoms with E-state index < -0.39 is 0 Å². The van der Waals surface area contributed by atoms with Gasteiger partial charge in [0, 0.05) is 39.5 Å². The summed E-state index contributed by atoms with van der Waals surface area (Å²) in [6.07, 6.45) is 8.63. The first-order valence-electron chi connectivity index (χ1n) is 14.3. The van der Waals surface area contributed by atoms with Crippen molar-refractivity contribution in [3.63, 3.8) is 0 Å². The number of nitrogens with zero attached hydrogens (tertiary/aromatic N) is 2. The normalized spacial score (nSPS) is 16.8. The Labute approximate surface area is 236 Å². The highest BCUT2D eigenvalue weighted by molar-refractivity contribution is 5.88. The maximum Gasteiger partial charge on any atom is 0.0534 e. The van der Waals surface area contributed by atoms with Crippen LogP contribution in [0.4, 0.5) is 0 Å². The molecule has 6 aromatic rings. The molecule has 2 unspecified atom stereocenters. The fourth-order valence-electron chi connectivity index (χ4n) is 6.42. The maximum atomic E-state index is 4.04. The van der Waals surface area contributed by atoms with Crippen molar-refractivity contribution in [3.05, 3.63) is 145 Å². The van der Waals surface area contributed by atoms with Crippen LogP contribution in [-0.2, 0) is 6.42 Å². The molecule has 2 heteroatoms. The summed E-state index contributed by atoms with van der Waals surface area (Å²) < 4.78 is 4.84. The molecule has 196 valence electrons. The summed E-state index contributed by atoms with van der Waals surface area (Å²) in [5.41, 5.74) is 11.5. The highest BCUT2D eigenvalue weighted by atomic mass is 15.0. The van der Waals surface area contributed by atoms with E-state index in [9.17, 15) is 0 Å². The predicted molar refractivity (Wildman–Crippen MR) is 170 cm³/mol. The van der Waals surface area contributed by atoms with Crippen LogP contribution in [0.1, 0.15) is 36.2 Å². The van der Waals surface area contributed by atoms with Gasteiger partial charge in [0.1, 0.15) is 0 Å². The third-order valence-electron chi connectivity index (χ3n) is 8.65. The van der Waals surface area contributed by atoms with Gasteiger partial charge in [-0.05, 0) is 91.8 Å². The Bertz CT molecular complexity index is 1880. The summed E-state index contributed by atoms with van der Waals surface area (Å²) in [6.45, 7) is 8.37. The van der Waals surface area contributed by atoms with E-state index in [0.717, 1.165) is 6.42 Å². The number of hydrogen-bond acceptors (Lipinski definition) is 0. The first-order valence-corrected chi connectivity index (χ1v) is 14.3. The monoisotopic (exact) mass is 518 g/mol. The Morgan fingerprint density at radius 1 is 0.775 bits per heavy atom. The lowest BCUT2D eigenvalue weighted by molar-refractivity contribution is 0.908. The van der Waals surface area contributed by atoms with Gasteiger partial charge < -0.3 is 9.13 Å². The van der Waals surface area contributed by atoms with Gasteiger partial charge in [-0.2, -0.15) is 0 Å². The second-order valence-corrected chi connectivity index (χ2v) is 11.0.